The number of benzene rings is 2. The highest BCUT2D eigenvalue weighted by atomic mass is 35.5. The lowest BCUT2D eigenvalue weighted by Gasteiger charge is -2.08. The van der Waals surface area contributed by atoms with E-state index in [9.17, 15) is 9.90 Å². The predicted molar refractivity (Wildman–Crippen MR) is 83.2 cm³/mol. The molecule has 0 bridgehead atoms. The molecule has 0 aliphatic heterocycles. The molecule has 0 spiro atoms. The molecule has 0 radical (unpaired) electrons. The summed E-state index contributed by atoms with van der Waals surface area (Å²) in [5, 5.41) is 17.6. The van der Waals surface area contributed by atoms with Crippen LogP contribution in [0, 0.1) is 0 Å². The third kappa shape index (κ3) is 2.51. The van der Waals surface area contributed by atoms with Crippen LogP contribution in [0.25, 0.3) is 16.9 Å². The monoisotopic (exact) mass is 314 g/mol. The van der Waals surface area contributed by atoms with Crippen LogP contribution in [-0.4, -0.2) is 26.1 Å². The summed E-state index contributed by atoms with van der Waals surface area (Å²) in [5.74, 6) is -1.15. The lowest BCUT2D eigenvalue weighted by molar-refractivity contribution is 0.0691. The molecule has 0 saturated heterocycles. The second-order valence-electron chi connectivity index (χ2n) is 4.61. The molecule has 3 aromatic rings. The van der Waals surface area contributed by atoms with Gasteiger partial charge in [-0.15, -0.1) is 5.10 Å². The molecule has 6 nitrogen and oxygen atoms in total. The number of nitrogen functional groups attached to an aromatic ring is 1. The summed E-state index contributed by atoms with van der Waals surface area (Å²) in [6, 6.07) is 13.8. The molecule has 0 saturated carbocycles. The van der Waals surface area contributed by atoms with Gasteiger partial charge in [-0.2, -0.15) is 0 Å². The fourth-order valence-corrected chi connectivity index (χ4v) is 2.26. The van der Waals surface area contributed by atoms with Crippen LogP contribution in [0.15, 0.2) is 48.5 Å². The normalized spacial score (nSPS) is 10.6. The van der Waals surface area contributed by atoms with Crippen molar-refractivity contribution in [2.45, 2.75) is 0 Å². The number of rotatable bonds is 3. The summed E-state index contributed by atoms with van der Waals surface area (Å²) < 4.78 is 1.45. The number of nitrogens with zero attached hydrogens (tertiary/aromatic N) is 3. The van der Waals surface area contributed by atoms with Crippen molar-refractivity contribution in [3.8, 4) is 16.9 Å². The number of carboxylic acid groups (broad SMARTS) is 1. The Morgan fingerprint density at radius 2 is 1.91 bits per heavy atom. The average Bonchev–Trinajstić information content (AvgIpc) is 2.93. The van der Waals surface area contributed by atoms with Gasteiger partial charge in [-0.1, -0.05) is 28.9 Å². The van der Waals surface area contributed by atoms with Crippen LogP contribution in [0.4, 0.5) is 5.69 Å². The summed E-state index contributed by atoms with van der Waals surface area (Å²) >= 11 is 5.88. The van der Waals surface area contributed by atoms with Crippen LogP contribution < -0.4 is 5.73 Å². The molecule has 0 unspecified atom stereocenters. The van der Waals surface area contributed by atoms with Gasteiger partial charge in [-0.05, 0) is 36.4 Å². The lowest BCUT2D eigenvalue weighted by atomic mass is 10.1. The highest BCUT2D eigenvalue weighted by Gasteiger charge is 2.21. The van der Waals surface area contributed by atoms with Crippen LogP contribution in [0.2, 0.25) is 5.02 Å². The number of hydrogen-bond donors (Lipinski definition) is 2. The topological polar surface area (TPSA) is 94.0 Å². The summed E-state index contributed by atoms with van der Waals surface area (Å²) in [6.45, 7) is 0. The van der Waals surface area contributed by atoms with Gasteiger partial charge in [0.1, 0.15) is 5.69 Å². The third-order valence-electron chi connectivity index (χ3n) is 3.10. The van der Waals surface area contributed by atoms with E-state index in [4.69, 9.17) is 17.3 Å². The second kappa shape index (κ2) is 5.50. The zero-order chi connectivity index (χ0) is 15.7. The predicted octanol–water partition coefficient (Wildman–Crippen LogP) is 2.87. The molecule has 0 aliphatic rings. The summed E-state index contributed by atoms with van der Waals surface area (Å²) in [4.78, 5) is 11.4. The summed E-state index contributed by atoms with van der Waals surface area (Å²) in [6.07, 6.45) is 0. The molecule has 7 heteroatoms. The Morgan fingerprint density at radius 3 is 2.55 bits per heavy atom. The van der Waals surface area contributed by atoms with Gasteiger partial charge in [0.2, 0.25) is 0 Å². The maximum absolute atomic E-state index is 11.4. The molecule has 110 valence electrons. The molecule has 22 heavy (non-hydrogen) atoms. The quantitative estimate of drug-likeness (QED) is 0.725. The maximum atomic E-state index is 11.4. The van der Waals surface area contributed by atoms with Gasteiger partial charge in [-0.3, -0.25) is 0 Å². The van der Waals surface area contributed by atoms with Crippen LogP contribution in [0.5, 0.6) is 0 Å². The third-order valence-corrected chi connectivity index (χ3v) is 3.36. The Labute approximate surface area is 130 Å². The van der Waals surface area contributed by atoms with Crippen molar-refractivity contribution in [2.24, 2.45) is 0 Å². The lowest BCUT2D eigenvalue weighted by Crippen LogP contribution is -2.03. The van der Waals surface area contributed by atoms with Gasteiger partial charge < -0.3 is 10.8 Å². The minimum Gasteiger partial charge on any atom is -0.476 e. The van der Waals surface area contributed by atoms with Gasteiger partial charge in [0.05, 0.1) is 5.69 Å². The molecule has 1 heterocycles. The highest BCUT2D eigenvalue weighted by Crippen LogP contribution is 2.27. The van der Waals surface area contributed by atoms with Crippen LogP contribution in [-0.2, 0) is 0 Å². The van der Waals surface area contributed by atoms with Gasteiger partial charge in [0.25, 0.3) is 0 Å². The van der Waals surface area contributed by atoms with Crippen molar-refractivity contribution >= 4 is 23.3 Å². The van der Waals surface area contributed by atoms with Crippen molar-refractivity contribution in [1.29, 1.82) is 0 Å². The maximum Gasteiger partial charge on any atom is 0.358 e. The van der Waals surface area contributed by atoms with Crippen LogP contribution in [0.1, 0.15) is 10.5 Å². The molecule has 0 amide bonds. The van der Waals surface area contributed by atoms with Gasteiger partial charge in [0.15, 0.2) is 5.69 Å². The first-order chi connectivity index (χ1) is 10.6. The fourth-order valence-electron chi connectivity index (χ4n) is 2.13. The molecule has 3 N–H and O–H groups in total. The standard InChI is InChI=1S/C15H11ClN4O2/c16-10-4-6-12(7-5-10)20-14(13(15(21)22)18-19-20)9-2-1-3-11(17)8-9/h1-8H,17H2,(H,21,22). The van der Waals surface area contributed by atoms with Crippen LogP contribution >= 0.6 is 11.6 Å². The fraction of sp³-hybridized carbons (Fsp3) is 0. The van der Waals surface area contributed by atoms with Gasteiger partial charge >= 0.3 is 5.97 Å². The number of carboxylic acids is 1. The summed E-state index contributed by atoms with van der Waals surface area (Å²) in [5.41, 5.74) is 7.81. The Morgan fingerprint density at radius 1 is 1.18 bits per heavy atom. The van der Waals surface area contributed by atoms with Gasteiger partial charge in [0, 0.05) is 16.3 Å². The van der Waals surface area contributed by atoms with E-state index >= 15 is 0 Å². The van der Waals surface area contributed by atoms with Crippen molar-refractivity contribution in [3.63, 3.8) is 0 Å². The largest absolute Gasteiger partial charge is 0.476 e. The number of nitrogens with two attached hydrogens (primary N) is 1. The average molecular weight is 315 g/mol. The molecule has 2 aromatic carbocycles. The first-order valence-electron chi connectivity index (χ1n) is 6.37. The number of halogens is 1. The highest BCUT2D eigenvalue weighted by molar-refractivity contribution is 6.30. The first kappa shape index (κ1) is 14.1. The van der Waals surface area contributed by atoms with Gasteiger partial charge in [-0.25, -0.2) is 9.48 Å². The molecular formula is C15H11ClN4O2. The minimum atomic E-state index is -1.15. The van der Waals surface area contributed by atoms with E-state index in [0.717, 1.165) is 0 Å². The van der Waals surface area contributed by atoms with Crippen molar-refractivity contribution in [3.05, 3.63) is 59.2 Å². The molecule has 0 aliphatic carbocycles. The molecule has 0 fully saturated rings. The molecule has 3 rings (SSSR count). The Kier molecular flexibility index (Phi) is 3.52. The minimum absolute atomic E-state index is 0.138. The van der Waals surface area contributed by atoms with E-state index in [-0.39, 0.29) is 5.69 Å². The van der Waals surface area contributed by atoms with E-state index in [0.29, 0.717) is 27.7 Å². The number of hydrogen-bond acceptors (Lipinski definition) is 4. The summed E-state index contributed by atoms with van der Waals surface area (Å²) in [7, 11) is 0. The van der Waals surface area contributed by atoms with E-state index < -0.39 is 5.97 Å². The molecule has 1 aromatic heterocycles. The molecule has 0 atom stereocenters. The molecular weight excluding hydrogens is 304 g/mol. The van der Waals surface area contributed by atoms with Crippen LogP contribution in [0.3, 0.4) is 0 Å². The van der Waals surface area contributed by atoms with E-state index in [1.54, 1.807) is 48.5 Å². The smallest absolute Gasteiger partial charge is 0.358 e. The number of aromatic nitrogens is 3. The Bertz CT molecular complexity index is 843. The van der Waals surface area contributed by atoms with Crippen molar-refractivity contribution in [2.75, 3.05) is 5.73 Å². The number of aromatic carboxylic acids is 1. The Balaban J connectivity index is 2.24. The van der Waals surface area contributed by atoms with Crippen molar-refractivity contribution in [1.82, 2.24) is 15.0 Å². The van der Waals surface area contributed by atoms with E-state index in [2.05, 4.69) is 10.3 Å². The number of anilines is 1. The SMILES string of the molecule is Nc1cccc(-c2c(C(=O)O)nnn2-c2ccc(Cl)cc2)c1. The van der Waals surface area contributed by atoms with Crippen molar-refractivity contribution < 1.29 is 9.90 Å². The Hall–Kier alpha value is -2.86. The zero-order valence-electron chi connectivity index (χ0n) is 11.3. The number of carbonyl (C=O) groups is 1. The second-order valence-corrected chi connectivity index (χ2v) is 5.04. The first-order valence-corrected chi connectivity index (χ1v) is 6.75. The van der Waals surface area contributed by atoms with E-state index in [1.165, 1.54) is 4.68 Å². The van der Waals surface area contributed by atoms with E-state index in [1.807, 2.05) is 0 Å². The zero-order valence-corrected chi connectivity index (χ0v) is 12.0.